The molecule has 0 aliphatic heterocycles. The molecule has 2 rings (SSSR count). The molecule has 0 spiro atoms. The first-order chi connectivity index (χ1) is 12.9. The van der Waals surface area contributed by atoms with E-state index in [0.29, 0.717) is 0 Å². The van der Waals surface area contributed by atoms with Crippen molar-refractivity contribution in [2.75, 3.05) is 27.4 Å². The summed E-state index contributed by atoms with van der Waals surface area (Å²) in [4.78, 5) is 39.8. The van der Waals surface area contributed by atoms with Crippen LogP contribution in [0.4, 0.5) is 5.69 Å². The lowest BCUT2D eigenvalue weighted by molar-refractivity contribution is -0.384. The molecule has 0 N–H and O–H groups in total. The minimum Gasteiger partial charge on any atom is -0.464 e. The molecule has 0 aliphatic rings. The van der Waals surface area contributed by atoms with Gasteiger partial charge in [0.2, 0.25) is 5.89 Å². The number of nitro groups is 1. The lowest BCUT2D eigenvalue weighted by atomic mass is 10.1. The van der Waals surface area contributed by atoms with E-state index in [0.717, 1.165) is 12.3 Å². The zero-order valence-electron chi connectivity index (χ0n) is 14.5. The van der Waals surface area contributed by atoms with Crippen LogP contribution in [0.1, 0.15) is 26.7 Å². The van der Waals surface area contributed by atoms with Crippen LogP contribution in [0.25, 0.3) is 0 Å². The number of hydrogen-bond acceptors (Lipinski definition) is 8. The standard InChI is InChI=1S/C16H16ClN3O7/c1-25-6-5-19(8-14-18-13(9-27-14)16(22)26-2)15(21)11-4-3-10(20(23)24)7-12(11)17/h3-4,7,9H,5-6,8H2,1-2H3. The second-order valence-electron chi connectivity index (χ2n) is 5.26. The summed E-state index contributed by atoms with van der Waals surface area (Å²) in [5.41, 5.74) is -0.173. The summed E-state index contributed by atoms with van der Waals surface area (Å²) in [7, 11) is 2.68. The lowest BCUT2D eigenvalue weighted by Crippen LogP contribution is -2.33. The van der Waals surface area contributed by atoms with Crippen molar-refractivity contribution in [1.29, 1.82) is 0 Å². The normalized spacial score (nSPS) is 10.5. The number of non-ortho nitro benzene ring substituents is 1. The molecule has 1 heterocycles. The van der Waals surface area contributed by atoms with Gasteiger partial charge in [0.05, 0.1) is 35.8 Å². The molecular weight excluding hydrogens is 382 g/mol. The van der Waals surface area contributed by atoms with E-state index in [1.165, 1.54) is 31.3 Å². The number of nitrogens with zero attached hydrogens (tertiary/aromatic N) is 3. The number of halogens is 1. The molecule has 0 bridgehead atoms. The van der Waals surface area contributed by atoms with Crippen LogP contribution in [0.2, 0.25) is 5.02 Å². The Morgan fingerprint density at radius 3 is 2.70 bits per heavy atom. The summed E-state index contributed by atoms with van der Waals surface area (Å²) >= 11 is 6.03. The van der Waals surface area contributed by atoms with Gasteiger partial charge in [0, 0.05) is 25.8 Å². The Hall–Kier alpha value is -2.98. The monoisotopic (exact) mass is 397 g/mol. The fourth-order valence-corrected chi connectivity index (χ4v) is 2.42. The largest absolute Gasteiger partial charge is 0.464 e. The van der Waals surface area contributed by atoms with Crippen LogP contribution in [-0.4, -0.2) is 54.1 Å². The van der Waals surface area contributed by atoms with Gasteiger partial charge < -0.3 is 18.8 Å². The highest BCUT2D eigenvalue weighted by atomic mass is 35.5. The second kappa shape index (κ2) is 9.10. The fraction of sp³-hybridized carbons (Fsp3) is 0.312. The highest BCUT2D eigenvalue weighted by molar-refractivity contribution is 6.34. The van der Waals surface area contributed by atoms with Crippen molar-refractivity contribution in [2.45, 2.75) is 6.54 Å². The van der Waals surface area contributed by atoms with Gasteiger partial charge in [0.25, 0.3) is 11.6 Å². The van der Waals surface area contributed by atoms with Crippen molar-refractivity contribution in [1.82, 2.24) is 9.88 Å². The van der Waals surface area contributed by atoms with Crippen LogP contribution in [0.15, 0.2) is 28.9 Å². The second-order valence-corrected chi connectivity index (χ2v) is 5.67. The molecule has 0 aliphatic carbocycles. The van der Waals surface area contributed by atoms with Gasteiger partial charge in [-0.3, -0.25) is 14.9 Å². The summed E-state index contributed by atoms with van der Waals surface area (Å²) < 4.78 is 14.7. The molecule has 0 saturated carbocycles. The molecule has 10 nitrogen and oxygen atoms in total. The first kappa shape index (κ1) is 20.3. The lowest BCUT2D eigenvalue weighted by Gasteiger charge is -2.21. The molecule has 1 aromatic carbocycles. The van der Waals surface area contributed by atoms with Gasteiger partial charge in [-0.15, -0.1) is 0 Å². The molecule has 2 aromatic rings. The van der Waals surface area contributed by atoms with Gasteiger partial charge in [-0.05, 0) is 6.07 Å². The average Bonchev–Trinajstić information content (AvgIpc) is 3.12. The average molecular weight is 398 g/mol. The molecule has 11 heteroatoms. The third kappa shape index (κ3) is 5.02. The molecule has 144 valence electrons. The Kier molecular flexibility index (Phi) is 6.85. The number of oxazole rings is 1. The molecule has 1 amide bonds. The van der Waals surface area contributed by atoms with Crippen molar-refractivity contribution < 1.29 is 28.4 Å². The number of aromatic nitrogens is 1. The number of carbonyl (C=O) groups excluding carboxylic acids is 2. The molecule has 0 unspecified atom stereocenters. The maximum atomic E-state index is 12.8. The topological polar surface area (TPSA) is 125 Å². The van der Waals surface area contributed by atoms with E-state index in [2.05, 4.69) is 9.72 Å². The Morgan fingerprint density at radius 2 is 2.11 bits per heavy atom. The maximum Gasteiger partial charge on any atom is 0.360 e. The summed E-state index contributed by atoms with van der Waals surface area (Å²) in [5, 5.41) is 10.8. The van der Waals surface area contributed by atoms with Gasteiger partial charge in [-0.2, -0.15) is 0 Å². The number of methoxy groups -OCH3 is 2. The molecule has 0 saturated heterocycles. The first-order valence-corrected chi connectivity index (χ1v) is 8.00. The van der Waals surface area contributed by atoms with Gasteiger partial charge in [-0.25, -0.2) is 9.78 Å². The number of hydrogen-bond donors (Lipinski definition) is 0. The summed E-state index contributed by atoms with van der Waals surface area (Å²) in [5.74, 6) is -1.05. The van der Waals surface area contributed by atoms with Crippen molar-refractivity contribution in [3.05, 3.63) is 56.7 Å². The number of amides is 1. The van der Waals surface area contributed by atoms with Crippen LogP contribution in [0, 0.1) is 10.1 Å². The molecule has 1 aromatic heterocycles. The van der Waals surface area contributed by atoms with Gasteiger partial charge in [-0.1, -0.05) is 11.6 Å². The van der Waals surface area contributed by atoms with Crippen LogP contribution in [0.5, 0.6) is 0 Å². The summed E-state index contributed by atoms with van der Waals surface area (Å²) in [6, 6.07) is 3.57. The summed E-state index contributed by atoms with van der Waals surface area (Å²) in [6.45, 7) is 0.339. The molecule has 0 atom stereocenters. The maximum absolute atomic E-state index is 12.8. The van der Waals surface area contributed by atoms with Crippen LogP contribution in [0.3, 0.4) is 0 Å². The predicted molar refractivity (Wildman–Crippen MR) is 92.6 cm³/mol. The zero-order valence-corrected chi connectivity index (χ0v) is 15.3. The van der Waals surface area contributed by atoms with Gasteiger partial charge in [0.1, 0.15) is 6.26 Å². The zero-order chi connectivity index (χ0) is 20.0. The Morgan fingerprint density at radius 1 is 1.37 bits per heavy atom. The van der Waals surface area contributed by atoms with E-state index in [-0.39, 0.29) is 47.6 Å². The predicted octanol–water partition coefficient (Wildman–Crippen LogP) is 2.31. The highest BCUT2D eigenvalue weighted by Gasteiger charge is 2.23. The smallest absolute Gasteiger partial charge is 0.360 e. The molecule has 27 heavy (non-hydrogen) atoms. The highest BCUT2D eigenvalue weighted by Crippen LogP contribution is 2.24. The van der Waals surface area contributed by atoms with Crippen molar-refractivity contribution >= 4 is 29.2 Å². The quantitative estimate of drug-likeness (QED) is 0.377. The number of esters is 1. The van der Waals surface area contributed by atoms with Gasteiger partial charge in [0.15, 0.2) is 5.69 Å². The SMILES string of the molecule is COCCN(Cc1nc(C(=O)OC)co1)C(=O)c1ccc([N+](=O)[O-])cc1Cl. The molecule has 0 fully saturated rings. The number of ether oxygens (including phenoxy) is 2. The Balaban J connectivity index is 2.24. The minimum absolute atomic E-state index is 0.0278. The van der Waals surface area contributed by atoms with E-state index in [1.807, 2.05) is 0 Å². The number of benzene rings is 1. The van der Waals surface area contributed by atoms with Crippen LogP contribution in [-0.2, 0) is 16.0 Å². The van der Waals surface area contributed by atoms with Crippen molar-refractivity contribution in [3.8, 4) is 0 Å². The Bertz CT molecular complexity index is 852. The minimum atomic E-state index is -0.668. The number of nitro benzene ring substituents is 1. The number of carbonyl (C=O) groups is 2. The fourth-order valence-electron chi connectivity index (χ4n) is 2.16. The van der Waals surface area contributed by atoms with E-state index in [1.54, 1.807) is 0 Å². The number of rotatable bonds is 8. The van der Waals surface area contributed by atoms with Crippen LogP contribution < -0.4 is 0 Å². The van der Waals surface area contributed by atoms with E-state index in [4.69, 9.17) is 20.8 Å². The van der Waals surface area contributed by atoms with E-state index < -0.39 is 16.8 Å². The third-order valence-electron chi connectivity index (χ3n) is 3.52. The van der Waals surface area contributed by atoms with Crippen molar-refractivity contribution in [2.24, 2.45) is 0 Å². The van der Waals surface area contributed by atoms with E-state index in [9.17, 15) is 19.7 Å². The third-order valence-corrected chi connectivity index (χ3v) is 3.83. The van der Waals surface area contributed by atoms with Crippen LogP contribution >= 0.6 is 11.6 Å². The molecular formula is C16H16ClN3O7. The Labute approximate surface area is 158 Å². The van der Waals surface area contributed by atoms with Gasteiger partial charge >= 0.3 is 5.97 Å². The van der Waals surface area contributed by atoms with E-state index >= 15 is 0 Å². The molecule has 0 radical (unpaired) electrons. The first-order valence-electron chi connectivity index (χ1n) is 7.62. The van der Waals surface area contributed by atoms with Crippen molar-refractivity contribution in [3.63, 3.8) is 0 Å². The summed E-state index contributed by atoms with van der Waals surface area (Å²) in [6.07, 6.45) is 1.12.